The van der Waals surface area contributed by atoms with Crippen molar-refractivity contribution in [3.8, 4) is 0 Å². The van der Waals surface area contributed by atoms with Gasteiger partial charge in [-0.1, -0.05) is 31.2 Å². The maximum Gasteiger partial charge on any atom is 0.264 e. The summed E-state index contributed by atoms with van der Waals surface area (Å²) >= 11 is 0. The van der Waals surface area contributed by atoms with Crippen LogP contribution in [0.25, 0.3) is 0 Å². The molecule has 0 fully saturated rings. The fourth-order valence-corrected chi connectivity index (χ4v) is 3.73. The third-order valence-electron chi connectivity index (χ3n) is 4.15. The van der Waals surface area contributed by atoms with Crippen LogP contribution in [0, 0.1) is 0 Å². The monoisotopic (exact) mass is 311 g/mol. The van der Waals surface area contributed by atoms with E-state index in [1.165, 1.54) is 11.1 Å². The molecule has 1 aliphatic rings. The Balaban J connectivity index is 1.86. The zero-order valence-electron chi connectivity index (χ0n) is 12.7. The lowest BCUT2D eigenvalue weighted by atomic mass is 10.1. The van der Waals surface area contributed by atoms with Crippen molar-refractivity contribution in [3.63, 3.8) is 0 Å². The Morgan fingerprint density at radius 2 is 1.76 bits per heavy atom. The Morgan fingerprint density at radius 3 is 2.29 bits per heavy atom. The molecule has 0 saturated carbocycles. The maximum absolute atomic E-state index is 10.7. The van der Waals surface area contributed by atoms with Crippen LogP contribution < -0.4 is 0 Å². The molecule has 0 radical (unpaired) electrons. The van der Waals surface area contributed by atoms with Crippen molar-refractivity contribution in [1.29, 1.82) is 0 Å². The predicted molar refractivity (Wildman–Crippen MR) is 85.2 cm³/mol. The fourth-order valence-electron chi connectivity index (χ4n) is 3.16. The summed E-state index contributed by atoms with van der Waals surface area (Å²) in [6.07, 6.45) is 4.62. The number of nitrogens with zero attached hydrogens (tertiary/aromatic N) is 1. The summed E-state index contributed by atoms with van der Waals surface area (Å²) in [4.78, 5) is 2.48. The number of rotatable bonds is 8. The van der Waals surface area contributed by atoms with Crippen LogP contribution in [0.3, 0.4) is 0 Å². The lowest BCUT2D eigenvalue weighted by molar-refractivity contribution is 0.198. The van der Waals surface area contributed by atoms with Gasteiger partial charge in [0.05, 0.1) is 5.75 Å². The first kappa shape index (κ1) is 16.5. The molecule has 5 heteroatoms. The second-order valence-corrected chi connectivity index (χ2v) is 7.43. The number of benzene rings is 1. The molecule has 0 bridgehead atoms. The van der Waals surface area contributed by atoms with Gasteiger partial charge in [0.15, 0.2) is 0 Å². The normalized spacial score (nSPS) is 15.6. The second-order valence-electron chi connectivity index (χ2n) is 5.86. The summed E-state index contributed by atoms with van der Waals surface area (Å²) in [6, 6.07) is 9.14. The van der Waals surface area contributed by atoms with Crippen LogP contribution in [0.2, 0.25) is 0 Å². The maximum atomic E-state index is 10.7. The molecule has 0 unspecified atom stereocenters. The highest BCUT2D eigenvalue weighted by molar-refractivity contribution is 7.85. The zero-order valence-corrected chi connectivity index (χ0v) is 13.5. The van der Waals surface area contributed by atoms with Crippen LogP contribution >= 0.6 is 0 Å². The molecule has 0 heterocycles. The van der Waals surface area contributed by atoms with E-state index >= 15 is 0 Å². The van der Waals surface area contributed by atoms with Gasteiger partial charge in [-0.25, -0.2) is 0 Å². The molecule has 2 rings (SSSR count). The van der Waals surface area contributed by atoms with Crippen LogP contribution in [-0.4, -0.2) is 42.8 Å². The van der Waals surface area contributed by atoms with Gasteiger partial charge >= 0.3 is 0 Å². The molecule has 0 atom stereocenters. The molecule has 1 N–H and O–H groups in total. The van der Waals surface area contributed by atoms with Gasteiger partial charge in [-0.05, 0) is 56.3 Å². The number of hydrogen-bond acceptors (Lipinski definition) is 3. The van der Waals surface area contributed by atoms with E-state index in [9.17, 15) is 8.42 Å². The summed E-state index contributed by atoms with van der Waals surface area (Å²) in [5.41, 5.74) is 2.89. The molecule has 1 aromatic rings. The van der Waals surface area contributed by atoms with E-state index in [4.69, 9.17) is 4.55 Å². The van der Waals surface area contributed by atoms with Crippen LogP contribution in [0.4, 0.5) is 0 Å². The van der Waals surface area contributed by atoms with Crippen molar-refractivity contribution < 1.29 is 13.0 Å². The molecule has 0 amide bonds. The first-order valence-electron chi connectivity index (χ1n) is 7.75. The molecular formula is C16H25NO3S. The van der Waals surface area contributed by atoms with E-state index < -0.39 is 10.1 Å². The molecule has 4 nitrogen and oxygen atoms in total. The van der Waals surface area contributed by atoms with Gasteiger partial charge in [0, 0.05) is 6.04 Å². The van der Waals surface area contributed by atoms with Gasteiger partial charge in [0.25, 0.3) is 10.1 Å². The Kier molecular flexibility index (Phi) is 5.79. The molecule has 21 heavy (non-hydrogen) atoms. The van der Waals surface area contributed by atoms with E-state index in [-0.39, 0.29) is 5.75 Å². The van der Waals surface area contributed by atoms with Crippen molar-refractivity contribution in [1.82, 2.24) is 4.90 Å². The summed E-state index contributed by atoms with van der Waals surface area (Å²) in [5.74, 6) is -0.127. The van der Waals surface area contributed by atoms with Crippen LogP contribution in [-0.2, 0) is 23.0 Å². The molecular weight excluding hydrogens is 286 g/mol. The van der Waals surface area contributed by atoms with Gasteiger partial charge in [-0.3, -0.25) is 9.45 Å². The molecule has 1 aliphatic carbocycles. The minimum atomic E-state index is -3.82. The van der Waals surface area contributed by atoms with Crippen LogP contribution in [0.5, 0.6) is 0 Å². The van der Waals surface area contributed by atoms with Crippen LogP contribution in [0.1, 0.15) is 37.3 Å². The quantitative estimate of drug-likeness (QED) is 0.592. The van der Waals surface area contributed by atoms with E-state index in [1.54, 1.807) is 0 Å². The third-order valence-corrected chi connectivity index (χ3v) is 4.96. The van der Waals surface area contributed by atoms with Crippen molar-refractivity contribution >= 4 is 10.1 Å². The lowest BCUT2D eigenvalue weighted by Crippen LogP contribution is -2.37. The molecule has 0 saturated heterocycles. The number of unbranched alkanes of at least 4 members (excludes halogenated alkanes) is 1. The fraction of sp³-hybridized carbons (Fsp3) is 0.625. The molecule has 0 aromatic heterocycles. The predicted octanol–water partition coefficient (Wildman–Crippen LogP) is 2.53. The Morgan fingerprint density at radius 1 is 1.14 bits per heavy atom. The summed E-state index contributed by atoms with van der Waals surface area (Å²) in [5, 5.41) is 0. The van der Waals surface area contributed by atoms with Gasteiger partial charge in [0.1, 0.15) is 0 Å². The smallest absolute Gasteiger partial charge is 0.264 e. The van der Waals surface area contributed by atoms with Crippen molar-refractivity contribution in [2.75, 3.05) is 18.8 Å². The Labute approximate surface area is 127 Å². The third kappa shape index (κ3) is 5.09. The topological polar surface area (TPSA) is 57.6 Å². The first-order chi connectivity index (χ1) is 9.99. The van der Waals surface area contributed by atoms with Crippen molar-refractivity contribution in [2.45, 2.75) is 45.1 Å². The van der Waals surface area contributed by atoms with Crippen molar-refractivity contribution in [3.05, 3.63) is 35.4 Å². The molecule has 0 aliphatic heterocycles. The highest BCUT2D eigenvalue weighted by Gasteiger charge is 2.25. The van der Waals surface area contributed by atoms with Gasteiger partial charge in [0.2, 0.25) is 0 Å². The van der Waals surface area contributed by atoms with Crippen LogP contribution in [0.15, 0.2) is 24.3 Å². The standard InChI is InChI=1S/C16H25NO3S/c1-2-9-17(10-5-6-11-21(18,19)20)16-12-14-7-3-4-8-15(14)13-16/h3-4,7-8,16H,2,5-6,9-13H2,1H3,(H,18,19,20). The van der Waals surface area contributed by atoms with E-state index in [2.05, 4.69) is 36.1 Å². The van der Waals surface area contributed by atoms with E-state index in [0.29, 0.717) is 12.5 Å². The first-order valence-corrected chi connectivity index (χ1v) is 9.36. The van der Waals surface area contributed by atoms with Gasteiger partial charge < -0.3 is 0 Å². The highest BCUT2D eigenvalue weighted by atomic mass is 32.2. The average Bonchev–Trinajstić information content (AvgIpc) is 2.84. The molecule has 1 aromatic carbocycles. The van der Waals surface area contributed by atoms with Gasteiger partial charge in [-0.15, -0.1) is 0 Å². The lowest BCUT2D eigenvalue weighted by Gasteiger charge is -2.28. The largest absolute Gasteiger partial charge is 0.300 e. The van der Waals surface area contributed by atoms with E-state index in [1.807, 2.05) is 0 Å². The average molecular weight is 311 g/mol. The summed E-state index contributed by atoms with van der Waals surface area (Å²) in [6.45, 7) is 4.12. The SMILES string of the molecule is CCCN(CCCCS(=O)(=O)O)C1Cc2ccccc2C1. The second kappa shape index (κ2) is 7.38. The zero-order chi connectivity index (χ0) is 15.3. The Hall–Kier alpha value is -0.910. The molecule has 0 spiro atoms. The molecule has 118 valence electrons. The Bertz CT molecular complexity index is 531. The summed E-state index contributed by atoms with van der Waals surface area (Å²) in [7, 11) is -3.82. The number of hydrogen-bond donors (Lipinski definition) is 1. The summed E-state index contributed by atoms with van der Waals surface area (Å²) < 4.78 is 30.3. The minimum absolute atomic E-state index is 0.127. The minimum Gasteiger partial charge on any atom is -0.300 e. The van der Waals surface area contributed by atoms with E-state index in [0.717, 1.165) is 38.8 Å². The van der Waals surface area contributed by atoms with Gasteiger partial charge in [-0.2, -0.15) is 8.42 Å². The highest BCUT2D eigenvalue weighted by Crippen LogP contribution is 2.25. The van der Waals surface area contributed by atoms with Crippen molar-refractivity contribution in [2.24, 2.45) is 0 Å². The number of fused-ring (bicyclic) bond motifs is 1.